The van der Waals surface area contributed by atoms with Crippen LogP contribution in [0, 0.1) is 5.82 Å². The van der Waals surface area contributed by atoms with E-state index in [1.165, 1.54) is 18.9 Å². The molecule has 1 aliphatic rings. The Kier molecular flexibility index (Phi) is 6.66. The van der Waals surface area contributed by atoms with Crippen molar-refractivity contribution in [1.29, 1.82) is 0 Å². The Bertz CT molecular complexity index is 1310. The van der Waals surface area contributed by atoms with Gasteiger partial charge in [0.1, 0.15) is 18.2 Å². The molecule has 1 fully saturated rings. The van der Waals surface area contributed by atoms with Gasteiger partial charge in [-0.15, -0.1) is 0 Å². The van der Waals surface area contributed by atoms with Crippen LogP contribution in [0.3, 0.4) is 0 Å². The number of hydrogen-bond donors (Lipinski definition) is 1. The third-order valence-corrected chi connectivity index (χ3v) is 5.83. The summed E-state index contributed by atoms with van der Waals surface area (Å²) in [4.78, 5) is 24.1. The summed E-state index contributed by atoms with van der Waals surface area (Å²) in [6.45, 7) is 6.37. The monoisotopic (exact) mass is 478 g/mol. The standard InChI is InChI=1S/C24H27FN8O2/c1-2-34-24-30-21(26)20-23(31-24)33(22(29-20)17-11-18(25)14-27-13-17)15-16-5-6-19(28-12-16)35-10-9-32-7-3-4-8-32/h5-6,11-14H,2-4,7-10,15H2,1H3,(H2,26,30,31). The SMILES string of the molecule is CCOc1nc(N)c2nc(-c3cncc(F)c3)n(Cc3ccc(OCCN4CCCC4)nc3)c2n1. The van der Waals surface area contributed by atoms with E-state index in [-0.39, 0.29) is 11.8 Å². The van der Waals surface area contributed by atoms with Gasteiger partial charge in [0.25, 0.3) is 0 Å². The van der Waals surface area contributed by atoms with E-state index in [2.05, 4.69) is 29.8 Å². The van der Waals surface area contributed by atoms with Crippen LogP contribution >= 0.6 is 0 Å². The Balaban J connectivity index is 1.43. The highest BCUT2D eigenvalue weighted by atomic mass is 19.1. The van der Waals surface area contributed by atoms with Crippen molar-refractivity contribution in [2.75, 3.05) is 38.6 Å². The summed E-state index contributed by atoms with van der Waals surface area (Å²) in [5.74, 6) is 0.755. The number of nitrogens with two attached hydrogens (primary N) is 1. The van der Waals surface area contributed by atoms with Gasteiger partial charge in [-0.2, -0.15) is 9.97 Å². The van der Waals surface area contributed by atoms with E-state index in [4.69, 9.17) is 15.2 Å². The number of hydrogen-bond acceptors (Lipinski definition) is 9. The minimum absolute atomic E-state index is 0.155. The molecule has 1 saturated heterocycles. The van der Waals surface area contributed by atoms with Gasteiger partial charge in [-0.25, -0.2) is 14.4 Å². The maximum atomic E-state index is 14.0. The number of nitrogen functional groups attached to an aromatic ring is 1. The molecule has 4 aromatic rings. The Morgan fingerprint density at radius 2 is 1.91 bits per heavy atom. The zero-order valence-electron chi connectivity index (χ0n) is 19.5. The summed E-state index contributed by atoms with van der Waals surface area (Å²) in [6.07, 6.45) is 6.95. The molecule has 11 heteroatoms. The van der Waals surface area contributed by atoms with Crippen LogP contribution < -0.4 is 15.2 Å². The lowest BCUT2D eigenvalue weighted by Crippen LogP contribution is -2.25. The van der Waals surface area contributed by atoms with Crippen LogP contribution in [0.15, 0.2) is 36.8 Å². The molecule has 35 heavy (non-hydrogen) atoms. The van der Waals surface area contributed by atoms with Gasteiger partial charge in [0, 0.05) is 30.6 Å². The van der Waals surface area contributed by atoms with Gasteiger partial charge in [0.2, 0.25) is 5.88 Å². The van der Waals surface area contributed by atoms with Crippen molar-refractivity contribution in [3.05, 3.63) is 48.2 Å². The van der Waals surface area contributed by atoms with Gasteiger partial charge in [-0.1, -0.05) is 6.07 Å². The summed E-state index contributed by atoms with van der Waals surface area (Å²) < 4.78 is 27.1. The van der Waals surface area contributed by atoms with Crippen LogP contribution in [-0.4, -0.2) is 67.2 Å². The smallest absolute Gasteiger partial charge is 0.320 e. The lowest BCUT2D eigenvalue weighted by Gasteiger charge is -2.14. The quantitative estimate of drug-likeness (QED) is 0.387. The van der Waals surface area contributed by atoms with Gasteiger partial charge >= 0.3 is 6.01 Å². The minimum atomic E-state index is -0.465. The van der Waals surface area contributed by atoms with Crippen molar-refractivity contribution >= 4 is 17.0 Å². The van der Waals surface area contributed by atoms with Crippen molar-refractivity contribution in [2.24, 2.45) is 0 Å². The lowest BCUT2D eigenvalue weighted by atomic mass is 10.2. The number of rotatable bonds is 9. The van der Waals surface area contributed by atoms with E-state index in [9.17, 15) is 4.39 Å². The van der Waals surface area contributed by atoms with Gasteiger partial charge in [0.15, 0.2) is 17.0 Å². The second-order valence-electron chi connectivity index (χ2n) is 8.31. The predicted octanol–water partition coefficient (Wildman–Crippen LogP) is 2.93. The first kappa shape index (κ1) is 22.9. The number of nitrogens with zero attached hydrogens (tertiary/aromatic N) is 7. The Morgan fingerprint density at radius 3 is 2.66 bits per heavy atom. The first-order chi connectivity index (χ1) is 17.1. The number of pyridine rings is 2. The third-order valence-electron chi connectivity index (χ3n) is 5.83. The van der Waals surface area contributed by atoms with Crippen molar-refractivity contribution < 1.29 is 13.9 Å². The number of anilines is 1. The molecule has 1 aliphatic heterocycles. The van der Waals surface area contributed by atoms with Crippen LogP contribution in [0.25, 0.3) is 22.6 Å². The summed E-state index contributed by atoms with van der Waals surface area (Å²) in [5, 5.41) is 0. The molecule has 0 saturated carbocycles. The minimum Gasteiger partial charge on any atom is -0.476 e. The summed E-state index contributed by atoms with van der Waals surface area (Å²) in [7, 11) is 0. The third kappa shape index (κ3) is 5.14. The maximum absolute atomic E-state index is 14.0. The van der Waals surface area contributed by atoms with Crippen LogP contribution in [0.5, 0.6) is 11.9 Å². The van der Waals surface area contributed by atoms with Gasteiger partial charge in [0.05, 0.1) is 19.3 Å². The zero-order valence-corrected chi connectivity index (χ0v) is 19.5. The first-order valence-electron chi connectivity index (χ1n) is 11.7. The number of ether oxygens (including phenoxy) is 2. The van der Waals surface area contributed by atoms with E-state index >= 15 is 0 Å². The molecule has 182 valence electrons. The average Bonchev–Trinajstić information content (AvgIpc) is 3.49. The van der Waals surface area contributed by atoms with Crippen LogP contribution in [0.1, 0.15) is 25.3 Å². The second-order valence-corrected chi connectivity index (χ2v) is 8.31. The molecule has 0 amide bonds. The fourth-order valence-corrected chi connectivity index (χ4v) is 4.16. The molecule has 0 aromatic carbocycles. The number of imidazole rings is 1. The highest BCUT2D eigenvalue weighted by Gasteiger charge is 2.20. The average molecular weight is 479 g/mol. The van der Waals surface area contributed by atoms with Crippen molar-refractivity contribution in [1.82, 2.24) is 34.4 Å². The molecule has 0 radical (unpaired) electrons. The van der Waals surface area contributed by atoms with Crippen LogP contribution in [0.4, 0.5) is 10.2 Å². The highest BCUT2D eigenvalue weighted by molar-refractivity contribution is 5.85. The molecule has 0 unspecified atom stereocenters. The molecule has 2 N–H and O–H groups in total. The molecule has 0 bridgehead atoms. The fraction of sp³-hybridized carbons (Fsp3) is 0.375. The summed E-state index contributed by atoms with van der Waals surface area (Å²) in [6, 6.07) is 5.30. The van der Waals surface area contributed by atoms with Gasteiger partial charge in [-0.05, 0) is 44.5 Å². The Morgan fingerprint density at radius 1 is 1.06 bits per heavy atom. The summed E-state index contributed by atoms with van der Waals surface area (Å²) >= 11 is 0. The Labute approximate surface area is 202 Å². The zero-order chi connectivity index (χ0) is 24.2. The normalized spacial score (nSPS) is 14.0. The van der Waals surface area contributed by atoms with Crippen LogP contribution in [-0.2, 0) is 6.54 Å². The molecule has 10 nitrogen and oxygen atoms in total. The number of likely N-dealkylation sites (tertiary alicyclic amines) is 1. The van der Waals surface area contributed by atoms with E-state index in [0.717, 1.165) is 31.4 Å². The number of aromatic nitrogens is 6. The van der Waals surface area contributed by atoms with Crippen molar-refractivity contribution in [3.63, 3.8) is 0 Å². The topological polar surface area (TPSA) is 117 Å². The van der Waals surface area contributed by atoms with E-state index < -0.39 is 5.82 Å². The van der Waals surface area contributed by atoms with Crippen molar-refractivity contribution in [2.45, 2.75) is 26.3 Å². The fourth-order valence-electron chi connectivity index (χ4n) is 4.16. The molecule has 0 atom stereocenters. The van der Waals surface area contributed by atoms with Crippen molar-refractivity contribution in [3.8, 4) is 23.3 Å². The molecule has 5 rings (SSSR count). The maximum Gasteiger partial charge on any atom is 0.320 e. The largest absolute Gasteiger partial charge is 0.476 e. The second kappa shape index (κ2) is 10.2. The van der Waals surface area contributed by atoms with E-state index in [1.807, 2.05) is 23.6 Å². The number of fused-ring (bicyclic) bond motifs is 1. The highest BCUT2D eigenvalue weighted by Crippen LogP contribution is 2.28. The molecule has 5 heterocycles. The molecule has 4 aromatic heterocycles. The van der Waals surface area contributed by atoms with E-state index in [1.54, 1.807) is 12.4 Å². The van der Waals surface area contributed by atoms with Gasteiger partial charge in [-0.3, -0.25) is 9.88 Å². The first-order valence-corrected chi connectivity index (χ1v) is 11.7. The summed E-state index contributed by atoms with van der Waals surface area (Å²) in [5.41, 5.74) is 8.42. The van der Waals surface area contributed by atoms with E-state index in [0.29, 0.717) is 48.2 Å². The number of halogens is 1. The Hall–Kier alpha value is -3.86. The molecular formula is C24H27FN8O2. The van der Waals surface area contributed by atoms with Crippen LogP contribution in [0.2, 0.25) is 0 Å². The van der Waals surface area contributed by atoms with Gasteiger partial charge < -0.3 is 19.8 Å². The molecule has 0 spiro atoms. The lowest BCUT2D eigenvalue weighted by molar-refractivity contribution is 0.232. The molecule has 0 aliphatic carbocycles. The predicted molar refractivity (Wildman–Crippen MR) is 129 cm³/mol. The molecular weight excluding hydrogens is 451 g/mol.